The number of hydrogen-bond donors (Lipinski definition) is 4. The summed E-state index contributed by atoms with van der Waals surface area (Å²) < 4.78 is 70.0. The Morgan fingerprint density at radius 1 is 0.846 bits per heavy atom. The van der Waals surface area contributed by atoms with Crippen molar-refractivity contribution < 1.29 is 51.3 Å². The van der Waals surface area contributed by atoms with Gasteiger partial charge in [-0.25, -0.2) is 4.79 Å². The number of carboxylic acid groups (broad SMARTS) is 1. The van der Waals surface area contributed by atoms with Crippen LogP contribution in [-0.2, 0) is 20.3 Å². The second-order valence-electron chi connectivity index (χ2n) is 12.9. The number of hydrogen-bond acceptors (Lipinski definition) is 6. The molecule has 0 aromatic heterocycles. The number of benzene rings is 3. The number of amides is 2. The van der Waals surface area contributed by atoms with Crippen molar-refractivity contribution in [2.24, 2.45) is 11.7 Å². The van der Waals surface area contributed by atoms with E-state index in [1.165, 1.54) is 60.6 Å². The largest absolute Gasteiger partial charge is 0.493 e. The number of carbonyl (C=O) groups is 3. The van der Waals surface area contributed by atoms with Crippen LogP contribution in [0.25, 0.3) is 11.1 Å². The average Bonchev–Trinajstić information content (AvgIpc) is 3.13. The van der Waals surface area contributed by atoms with Crippen molar-refractivity contribution in [2.75, 3.05) is 19.7 Å². The Morgan fingerprint density at radius 3 is 1.88 bits per heavy atom. The summed E-state index contributed by atoms with van der Waals surface area (Å²) >= 11 is 5.97. The molecular weight excluding hydrogens is 713 g/mol. The smallest absolute Gasteiger partial charge is 0.490 e. The molecule has 9 nitrogen and oxygen atoms in total. The van der Waals surface area contributed by atoms with Gasteiger partial charge in [0.05, 0.1) is 6.61 Å². The summed E-state index contributed by atoms with van der Waals surface area (Å²) in [4.78, 5) is 37.0. The normalized spacial score (nSPS) is 17.0. The standard InChI is InChI=1S/C35H40ClF2N3O4.C2HF3O2/c36-28-14-8-25(9-15-28)24-6-12-27(13-7-24)35(37,38)32(34(44)41-20-18-29(39)19-21-41)40-33(43)31(42)26-10-16-30(17-11-26)45-22-23-4-2-1-3-5-23;3-2(4,5)1(6)7/h6-17,23,29,31-32,42H,1-5,18-22,39H2,(H,40,43);(H,6,7). The number of halogens is 6. The van der Waals surface area contributed by atoms with Crippen LogP contribution in [0.1, 0.15) is 62.2 Å². The molecule has 1 aliphatic carbocycles. The Balaban J connectivity index is 0.000000785. The fraction of sp³-hybridized carbons (Fsp3) is 0.432. The molecule has 0 bridgehead atoms. The molecule has 2 amide bonds. The maximum absolute atomic E-state index is 16.2. The monoisotopic (exact) mass is 753 g/mol. The number of piperidine rings is 1. The number of alkyl halides is 5. The van der Waals surface area contributed by atoms with Crippen molar-refractivity contribution >= 4 is 29.4 Å². The van der Waals surface area contributed by atoms with Gasteiger partial charge in [0.15, 0.2) is 12.1 Å². The van der Waals surface area contributed by atoms with Gasteiger partial charge in [0.2, 0.25) is 0 Å². The highest BCUT2D eigenvalue weighted by Gasteiger charge is 2.49. The van der Waals surface area contributed by atoms with Crippen LogP contribution in [0.5, 0.6) is 5.75 Å². The van der Waals surface area contributed by atoms with E-state index in [0.29, 0.717) is 41.7 Å². The molecule has 15 heteroatoms. The maximum Gasteiger partial charge on any atom is 0.490 e. The minimum absolute atomic E-state index is 0.126. The first-order chi connectivity index (χ1) is 24.6. The highest BCUT2D eigenvalue weighted by molar-refractivity contribution is 6.30. The maximum atomic E-state index is 16.2. The topological polar surface area (TPSA) is 142 Å². The van der Waals surface area contributed by atoms with Gasteiger partial charge in [0.1, 0.15) is 5.75 Å². The lowest BCUT2D eigenvalue weighted by molar-refractivity contribution is -0.192. The molecule has 3 aromatic rings. The van der Waals surface area contributed by atoms with Crippen molar-refractivity contribution in [1.82, 2.24) is 10.2 Å². The van der Waals surface area contributed by atoms with Gasteiger partial charge in [0.25, 0.3) is 11.8 Å². The van der Waals surface area contributed by atoms with Crippen LogP contribution in [0.4, 0.5) is 22.0 Å². The molecule has 3 aromatic carbocycles. The number of rotatable bonds is 10. The van der Waals surface area contributed by atoms with Crippen LogP contribution >= 0.6 is 11.6 Å². The summed E-state index contributed by atoms with van der Waals surface area (Å²) in [5, 5.41) is 20.7. The quantitative estimate of drug-likeness (QED) is 0.166. The fourth-order valence-corrected chi connectivity index (χ4v) is 6.12. The summed E-state index contributed by atoms with van der Waals surface area (Å²) in [6.45, 7) is 0.995. The van der Waals surface area contributed by atoms with Crippen LogP contribution in [0.2, 0.25) is 5.02 Å². The van der Waals surface area contributed by atoms with E-state index in [1.807, 2.05) is 0 Å². The molecule has 1 heterocycles. The predicted octanol–water partition coefficient (Wildman–Crippen LogP) is 6.86. The number of aliphatic hydroxyl groups excluding tert-OH is 1. The SMILES string of the molecule is NC1CCN(C(=O)C(NC(=O)C(O)c2ccc(OCC3CCCCC3)cc2)C(F)(F)c2ccc(-c3ccc(Cl)cc3)cc2)CC1.O=C(O)C(F)(F)F. The third kappa shape index (κ3) is 11.1. The van der Waals surface area contributed by atoms with Crippen molar-refractivity contribution in [2.45, 2.75) is 75.2 Å². The van der Waals surface area contributed by atoms with Gasteiger partial charge in [-0.05, 0) is 72.6 Å². The number of carbonyl (C=O) groups excluding carboxylic acids is 2. The van der Waals surface area contributed by atoms with Gasteiger partial charge in [-0.1, -0.05) is 79.4 Å². The fourth-order valence-electron chi connectivity index (χ4n) is 5.99. The predicted molar refractivity (Wildman–Crippen MR) is 184 cm³/mol. The van der Waals surface area contributed by atoms with E-state index in [2.05, 4.69) is 5.32 Å². The summed E-state index contributed by atoms with van der Waals surface area (Å²) in [5.74, 6) is -7.47. The molecular formula is C37H41ClF5N3O6. The number of carboxylic acids is 1. The minimum Gasteiger partial charge on any atom is -0.493 e. The van der Waals surface area contributed by atoms with E-state index in [1.54, 1.807) is 36.4 Å². The van der Waals surface area contributed by atoms with Crippen molar-refractivity contribution in [3.05, 3.63) is 88.9 Å². The first-order valence-electron chi connectivity index (χ1n) is 16.9. The summed E-state index contributed by atoms with van der Waals surface area (Å²) in [6, 6.07) is 16.5. The number of aliphatic carboxylic acids is 1. The van der Waals surface area contributed by atoms with E-state index < -0.39 is 47.6 Å². The van der Waals surface area contributed by atoms with Crippen molar-refractivity contribution in [3.8, 4) is 16.9 Å². The Morgan fingerprint density at radius 2 is 1.37 bits per heavy atom. The van der Waals surface area contributed by atoms with Gasteiger partial charge >= 0.3 is 18.1 Å². The van der Waals surface area contributed by atoms with E-state index in [9.17, 15) is 27.9 Å². The molecule has 2 aliphatic rings. The summed E-state index contributed by atoms with van der Waals surface area (Å²) in [6.07, 6.45) is 0.0126. The van der Waals surface area contributed by atoms with Gasteiger partial charge in [-0.15, -0.1) is 0 Å². The Kier molecular flexibility index (Phi) is 14.0. The number of nitrogens with two attached hydrogens (primary N) is 1. The van der Waals surface area contributed by atoms with E-state index in [-0.39, 0.29) is 24.7 Å². The highest BCUT2D eigenvalue weighted by Crippen LogP contribution is 2.35. The Labute approximate surface area is 302 Å². The molecule has 1 saturated heterocycles. The average molecular weight is 754 g/mol. The van der Waals surface area contributed by atoms with Crippen LogP contribution in [-0.4, -0.2) is 70.9 Å². The lowest BCUT2D eigenvalue weighted by Gasteiger charge is -2.36. The van der Waals surface area contributed by atoms with E-state index >= 15 is 8.78 Å². The molecule has 282 valence electrons. The number of aliphatic hydroxyl groups is 1. The molecule has 1 aliphatic heterocycles. The van der Waals surface area contributed by atoms with Crippen molar-refractivity contribution in [1.29, 1.82) is 0 Å². The lowest BCUT2D eigenvalue weighted by atomic mass is 9.90. The molecule has 1 saturated carbocycles. The number of nitrogens with zero attached hydrogens (tertiary/aromatic N) is 1. The van der Waals surface area contributed by atoms with Gasteiger partial charge in [-0.2, -0.15) is 22.0 Å². The number of ether oxygens (including phenoxy) is 1. The third-order valence-corrected chi connectivity index (χ3v) is 9.34. The molecule has 2 fully saturated rings. The molecule has 0 spiro atoms. The molecule has 5 N–H and O–H groups in total. The second kappa shape index (κ2) is 18.0. The van der Waals surface area contributed by atoms with E-state index in [4.69, 9.17) is 32.0 Å². The minimum atomic E-state index is -5.08. The van der Waals surface area contributed by atoms with Gasteiger partial charge in [0, 0.05) is 29.7 Å². The number of nitrogens with one attached hydrogen (secondary N) is 1. The zero-order valence-corrected chi connectivity index (χ0v) is 28.9. The van der Waals surface area contributed by atoms with E-state index in [0.717, 1.165) is 18.4 Å². The molecule has 0 radical (unpaired) electrons. The van der Waals surface area contributed by atoms with Crippen LogP contribution < -0.4 is 15.8 Å². The molecule has 5 rings (SSSR count). The lowest BCUT2D eigenvalue weighted by Crippen LogP contribution is -2.58. The van der Waals surface area contributed by atoms with Crippen LogP contribution in [0, 0.1) is 5.92 Å². The highest BCUT2D eigenvalue weighted by atomic mass is 35.5. The summed E-state index contributed by atoms with van der Waals surface area (Å²) in [5.41, 5.74) is 7.19. The van der Waals surface area contributed by atoms with Crippen LogP contribution in [0.15, 0.2) is 72.8 Å². The van der Waals surface area contributed by atoms with Gasteiger partial charge < -0.3 is 30.9 Å². The van der Waals surface area contributed by atoms with Crippen molar-refractivity contribution in [3.63, 3.8) is 0 Å². The molecule has 2 atom stereocenters. The Bertz CT molecular complexity index is 1630. The zero-order chi connectivity index (χ0) is 38.1. The Hall–Kier alpha value is -4.27. The second-order valence-corrected chi connectivity index (χ2v) is 13.3. The molecule has 52 heavy (non-hydrogen) atoms. The van der Waals surface area contributed by atoms with Gasteiger partial charge in [-0.3, -0.25) is 9.59 Å². The molecule has 2 unspecified atom stereocenters. The number of likely N-dealkylation sites (tertiary alicyclic amines) is 1. The van der Waals surface area contributed by atoms with Crippen LogP contribution in [0.3, 0.4) is 0 Å². The first kappa shape index (κ1) is 40.5. The first-order valence-corrected chi connectivity index (χ1v) is 17.2. The third-order valence-electron chi connectivity index (χ3n) is 9.09. The summed E-state index contributed by atoms with van der Waals surface area (Å²) in [7, 11) is 0. The zero-order valence-electron chi connectivity index (χ0n) is 28.1.